The SMILES string of the molecule is [C-]#[N+]c1[nH]c(=O)c(F)cc1F. The van der Waals surface area contributed by atoms with E-state index in [9.17, 15) is 13.6 Å². The van der Waals surface area contributed by atoms with Crippen molar-refractivity contribution < 1.29 is 8.78 Å². The van der Waals surface area contributed by atoms with E-state index in [4.69, 9.17) is 6.57 Å². The lowest BCUT2D eigenvalue weighted by Gasteiger charge is -1.91. The van der Waals surface area contributed by atoms with Crippen LogP contribution in [0.1, 0.15) is 0 Å². The van der Waals surface area contributed by atoms with Gasteiger partial charge in [0.25, 0.3) is 5.82 Å². The number of aromatic amines is 1. The highest BCUT2D eigenvalue weighted by atomic mass is 19.1. The van der Waals surface area contributed by atoms with Gasteiger partial charge in [-0.25, -0.2) is 9.18 Å². The molecule has 5 heteroatoms. The van der Waals surface area contributed by atoms with Crippen molar-refractivity contribution in [3.8, 4) is 0 Å². The van der Waals surface area contributed by atoms with Gasteiger partial charge in [0, 0.05) is 6.07 Å². The number of hydrogen-bond acceptors (Lipinski definition) is 1. The van der Waals surface area contributed by atoms with Gasteiger partial charge in [0.1, 0.15) is 5.82 Å². The van der Waals surface area contributed by atoms with Gasteiger partial charge in [0.05, 0.1) is 0 Å². The van der Waals surface area contributed by atoms with E-state index in [1.807, 2.05) is 0 Å². The van der Waals surface area contributed by atoms with E-state index >= 15 is 0 Å². The van der Waals surface area contributed by atoms with Crippen molar-refractivity contribution in [1.29, 1.82) is 0 Å². The Morgan fingerprint density at radius 1 is 1.45 bits per heavy atom. The molecule has 1 N–H and O–H groups in total. The molecule has 0 aliphatic rings. The average molecular weight is 156 g/mol. The lowest BCUT2D eigenvalue weighted by molar-refractivity contribution is 0.569. The Balaban J connectivity index is 3.48. The zero-order valence-electron chi connectivity index (χ0n) is 5.19. The number of hydrogen-bond donors (Lipinski definition) is 1. The van der Waals surface area contributed by atoms with Crippen molar-refractivity contribution in [2.24, 2.45) is 0 Å². The summed E-state index contributed by atoms with van der Waals surface area (Å²) >= 11 is 0. The molecule has 1 aromatic rings. The van der Waals surface area contributed by atoms with E-state index < -0.39 is 23.0 Å². The molecule has 0 unspecified atom stereocenters. The Kier molecular flexibility index (Phi) is 1.68. The normalized spacial score (nSPS) is 9.18. The van der Waals surface area contributed by atoms with Crippen LogP contribution in [0.4, 0.5) is 14.6 Å². The molecular weight excluding hydrogens is 154 g/mol. The summed E-state index contributed by atoms with van der Waals surface area (Å²) in [5.41, 5.74) is -1.09. The van der Waals surface area contributed by atoms with E-state index in [1.54, 1.807) is 4.98 Å². The molecule has 0 radical (unpaired) electrons. The second kappa shape index (κ2) is 2.50. The molecule has 11 heavy (non-hydrogen) atoms. The number of nitrogens with one attached hydrogen (secondary N) is 1. The highest BCUT2D eigenvalue weighted by Crippen LogP contribution is 2.10. The quantitative estimate of drug-likeness (QED) is 0.563. The number of halogens is 2. The molecule has 0 saturated heterocycles. The van der Waals surface area contributed by atoms with Crippen LogP contribution in [0, 0.1) is 18.2 Å². The predicted octanol–water partition coefficient (Wildman–Crippen LogP) is 1.20. The van der Waals surface area contributed by atoms with Gasteiger partial charge >= 0.3 is 5.56 Å². The Labute approximate surface area is 60.1 Å². The summed E-state index contributed by atoms with van der Waals surface area (Å²) in [5.74, 6) is -2.86. The predicted molar refractivity (Wildman–Crippen MR) is 33.2 cm³/mol. The van der Waals surface area contributed by atoms with E-state index in [0.29, 0.717) is 6.07 Å². The molecule has 56 valence electrons. The van der Waals surface area contributed by atoms with Gasteiger partial charge in [-0.15, -0.1) is 0 Å². The standard InChI is InChI=1S/C6H2F2N2O/c1-9-5-3(7)2-4(8)6(11)10-5/h2H,(H,10,11). The first-order valence-electron chi connectivity index (χ1n) is 2.61. The first kappa shape index (κ1) is 7.41. The summed E-state index contributed by atoms with van der Waals surface area (Å²) in [7, 11) is 0. The van der Waals surface area contributed by atoms with Gasteiger partial charge < -0.3 is 4.85 Å². The molecule has 0 atom stereocenters. The molecule has 1 heterocycles. The highest BCUT2D eigenvalue weighted by Gasteiger charge is 2.07. The van der Waals surface area contributed by atoms with Crippen LogP contribution in [0.25, 0.3) is 4.85 Å². The number of pyridine rings is 1. The van der Waals surface area contributed by atoms with Crippen LogP contribution in [0.15, 0.2) is 10.9 Å². The maximum Gasteiger partial charge on any atom is 0.352 e. The fraction of sp³-hybridized carbons (Fsp3) is 0. The number of aromatic nitrogens is 1. The van der Waals surface area contributed by atoms with Gasteiger partial charge in [-0.2, -0.15) is 4.39 Å². The minimum Gasteiger partial charge on any atom is -0.361 e. The van der Waals surface area contributed by atoms with Crippen LogP contribution in [-0.4, -0.2) is 4.98 Å². The van der Waals surface area contributed by atoms with Gasteiger partial charge in [-0.05, 0) is 0 Å². The van der Waals surface area contributed by atoms with Gasteiger partial charge in [-0.3, -0.25) is 4.98 Å². The fourth-order valence-corrected chi connectivity index (χ4v) is 0.553. The van der Waals surface area contributed by atoms with Gasteiger partial charge in [-0.1, -0.05) is 6.57 Å². The third-order valence-electron chi connectivity index (χ3n) is 1.04. The van der Waals surface area contributed by atoms with Crippen LogP contribution in [0.5, 0.6) is 0 Å². The number of rotatable bonds is 0. The molecule has 1 rings (SSSR count). The highest BCUT2D eigenvalue weighted by molar-refractivity contribution is 5.36. The first-order valence-corrected chi connectivity index (χ1v) is 2.61. The molecule has 0 amide bonds. The molecule has 0 spiro atoms. The second-order valence-corrected chi connectivity index (χ2v) is 1.75. The Morgan fingerprint density at radius 2 is 2.09 bits per heavy atom. The van der Waals surface area contributed by atoms with Crippen molar-refractivity contribution in [3.05, 3.63) is 39.5 Å². The minimum absolute atomic E-state index is 0.381. The van der Waals surface area contributed by atoms with Crippen LogP contribution in [0.3, 0.4) is 0 Å². The summed E-state index contributed by atoms with van der Waals surface area (Å²) in [6.45, 7) is 6.34. The van der Waals surface area contributed by atoms with Crippen molar-refractivity contribution >= 4 is 5.82 Å². The number of H-pyrrole nitrogens is 1. The van der Waals surface area contributed by atoms with Gasteiger partial charge in [0.15, 0.2) is 0 Å². The molecule has 0 bridgehead atoms. The maximum atomic E-state index is 12.4. The molecular formula is C6H2F2N2O. The topological polar surface area (TPSA) is 37.2 Å². The zero-order valence-corrected chi connectivity index (χ0v) is 5.19. The maximum absolute atomic E-state index is 12.4. The Bertz CT molecular complexity index is 377. The van der Waals surface area contributed by atoms with Crippen LogP contribution in [-0.2, 0) is 0 Å². The molecule has 0 aliphatic carbocycles. The average Bonchev–Trinajstić information content (AvgIpc) is 1.97. The summed E-state index contributed by atoms with van der Waals surface area (Å²) in [5, 5.41) is 0. The van der Waals surface area contributed by atoms with Crippen molar-refractivity contribution in [1.82, 2.24) is 4.98 Å². The molecule has 0 aromatic carbocycles. The van der Waals surface area contributed by atoms with Crippen LogP contribution in [0.2, 0.25) is 0 Å². The van der Waals surface area contributed by atoms with Crippen LogP contribution < -0.4 is 5.56 Å². The fourth-order valence-electron chi connectivity index (χ4n) is 0.553. The second-order valence-electron chi connectivity index (χ2n) is 1.75. The van der Waals surface area contributed by atoms with E-state index in [-0.39, 0.29) is 0 Å². The van der Waals surface area contributed by atoms with Crippen molar-refractivity contribution in [3.63, 3.8) is 0 Å². The molecule has 0 fully saturated rings. The van der Waals surface area contributed by atoms with Crippen molar-refractivity contribution in [2.45, 2.75) is 0 Å². The van der Waals surface area contributed by atoms with Gasteiger partial charge in [0.2, 0.25) is 5.82 Å². The minimum atomic E-state index is -1.23. The number of nitrogens with zero attached hydrogens (tertiary/aromatic N) is 1. The lowest BCUT2D eigenvalue weighted by Crippen LogP contribution is -2.10. The van der Waals surface area contributed by atoms with E-state index in [1.165, 1.54) is 0 Å². The largest absolute Gasteiger partial charge is 0.361 e. The van der Waals surface area contributed by atoms with E-state index in [0.717, 1.165) is 0 Å². The molecule has 0 aliphatic heterocycles. The van der Waals surface area contributed by atoms with E-state index in [2.05, 4.69) is 4.85 Å². The van der Waals surface area contributed by atoms with Crippen molar-refractivity contribution in [2.75, 3.05) is 0 Å². The molecule has 1 aromatic heterocycles. The molecule has 0 saturated carbocycles. The first-order chi connectivity index (χ1) is 5.15. The van der Waals surface area contributed by atoms with Crippen LogP contribution >= 0.6 is 0 Å². The smallest absolute Gasteiger partial charge is 0.352 e. The summed E-state index contributed by atoms with van der Waals surface area (Å²) in [6, 6.07) is 0.381. The summed E-state index contributed by atoms with van der Waals surface area (Å²) in [4.78, 5) is 14.8. The third kappa shape index (κ3) is 1.24. The monoisotopic (exact) mass is 156 g/mol. The molecule has 3 nitrogen and oxygen atoms in total. The third-order valence-corrected chi connectivity index (χ3v) is 1.04. The zero-order chi connectivity index (χ0) is 8.43. The lowest BCUT2D eigenvalue weighted by atomic mass is 10.4. The Hall–Kier alpha value is -1.70. The summed E-state index contributed by atoms with van der Waals surface area (Å²) < 4.78 is 24.6. The Morgan fingerprint density at radius 3 is 2.64 bits per heavy atom. The summed E-state index contributed by atoms with van der Waals surface area (Å²) in [6.07, 6.45) is 0.